The molecule has 0 spiro atoms. The molecule has 5 nitrogen and oxygen atoms in total. The molecule has 1 saturated heterocycles. The first-order valence-corrected chi connectivity index (χ1v) is 10.7. The third kappa shape index (κ3) is 5.06. The average Bonchev–Trinajstić information content (AvgIpc) is 2.64. The molecule has 0 aromatic heterocycles. The number of sulfonamides is 1. The molecule has 1 aliphatic heterocycles. The lowest BCUT2D eigenvalue weighted by atomic mass is 9.98. The van der Waals surface area contributed by atoms with Crippen molar-refractivity contribution >= 4 is 33.2 Å². The molecule has 0 saturated carbocycles. The highest BCUT2D eigenvalue weighted by molar-refractivity contribution is 7.88. The number of nitrogens with zero attached hydrogens (tertiary/aromatic N) is 1. The van der Waals surface area contributed by atoms with Crippen LogP contribution in [0.5, 0.6) is 0 Å². The smallest absolute Gasteiger partial charge is 0.228 e. The molecule has 150 valence electrons. The van der Waals surface area contributed by atoms with Crippen LogP contribution in [0.25, 0.3) is 0 Å². The molecule has 1 fully saturated rings. The molecule has 0 aliphatic carbocycles. The lowest BCUT2D eigenvalue weighted by Crippen LogP contribution is -2.44. The quantitative estimate of drug-likeness (QED) is 0.787. The van der Waals surface area contributed by atoms with Gasteiger partial charge in [0.15, 0.2) is 0 Å². The summed E-state index contributed by atoms with van der Waals surface area (Å²) in [4.78, 5) is 12.5. The second kappa shape index (κ2) is 8.55. The van der Waals surface area contributed by atoms with Gasteiger partial charge in [0.25, 0.3) is 0 Å². The van der Waals surface area contributed by atoms with E-state index < -0.39 is 33.5 Å². The minimum absolute atomic E-state index is 0.0115. The van der Waals surface area contributed by atoms with E-state index in [1.54, 1.807) is 24.3 Å². The maximum absolute atomic E-state index is 13.7. The zero-order chi connectivity index (χ0) is 20.3. The largest absolute Gasteiger partial charge is 0.323 e. The fourth-order valence-corrected chi connectivity index (χ4v) is 4.97. The molecule has 1 heterocycles. The van der Waals surface area contributed by atoms with Gasteiger partial charge in [0.2, 0.25) is 15.9 Å². The number of nitrogens with one attached hydrogen (secondary N) is 1. The number of carbonyl (C=O) groups is 1. The summed E-state index contributed by atoms with van der Waals surface area (Å²) in [6, 6.07) is 9.46. The van der Waals surface area contributed by atoms with E-state index in [4.69, 9.17) is 11.6 Å². The second-order valence-electron chi connectivity index (χ2n) is 6.70. The molecule has 1 N–H and O–H groups in total. The van der Waals surface area contributed by atoms with Gasteiger partial charge in [-0.25, -0.2) is 21.5 Å². The summed E-state index contributed by atoms with van der Waals surface area (Å²) >= 11 is 5.91. The number of hydrogen-bond acceptors (Lipinski definition) is 3. The number of anilines is 1. The Balaban J connectivity index is 1.68. The van der Waals surface area contributed by atoms with E-state index >= 15 is 0 Å². The third-order valence-corrected chi connectivity index (χ3v) is 6.63. The summed E-state index contributed by atoms with van der Waals surface area (Å²) in [6.07, 6.45) is 0.997. The number of halogens is 3. The highest BCUT2D eigenvalue weighted by atomic mass is 35.5. The summed E-state index contributed by atoms with van der Waals surface area (Å²) < 4.78 is 53.5. The summed E-state index contributed by atoms with van der Waals surface area (Å²) in [5.74, 6) is -2.95. The van der Waals surface area contributed by atoms with Crippen molar-refractivity contribution < 1.29 is 22.0 Å². The van der Waals surface area contributed by atoms with Gasteiger partial charge >= 0.3 is 0 Å². The molecule has 2 aromatic rings. The SMILES string of the molecule is O=C(Nc1ccc(F)cc1F)[C@H]1CCCN(S(=O)(=O)Cc2cccc(Cl)c2)C1. The second-order valence-corrected chi connectivity index (χ2v) is 9.10. The van der Waals surface area contributed by atoms with Gasteiger partial charge in [0.1, 0.15) is 11.6 Å². The van der Waals surface area contributed by atoms with Crippen LogP contribution in [0.1, 0.15) is 18.4 Å². The van der Waals surface area contributed by atoms with Crippen LogP contribution in [0.15, 0.2) is 42.5 Å². The van der Waals surface area contributed by atoms with Gasteiger partial charge in [-0.1, -0.05) is 23.7 Å². The zero-order valence-electron chi connectivity index (χ0n) is 14.9. The van der Waals surface area contributed by atoms with Crippen molar-refractivity contribution in [3.63, 3.8) is 0 Å². The average molecular weight is 429 g/mol. The topological polar surface area (TPSA) is 66.5 Å². The Bertz CT molecular complexity index is 985. The number of benzene rings is 2. The molecule has 0 unspecified atom stereocenters. The van der Waals surface area contributed by atoms with Crippen LogP contribution in [0.4, 0.5) is 14.5 Å². The van der Waals surface area contributed by atoms with Crippen LogP contribution in [0, 0.1) is 17.6 Å². The van der Waals surface area contributed by atoms with Crippen LogP contribution < -0.4 is 5.32 Å². The summed E-state index contributed by atoms with van der Waals surface area (Å²) in [6.45, 7) is 0.329. The van der Waals surface area contributed by atoms with E-state index in [-0.39, 0.29) is 18.0 Å². The maximum atomic E-state index is 13.7. The Morgan fingerprint density at radius 3 is 2.71 bits per heavy atom. The summed E-state index contributed by atoms with van der Waals surface area (Å²) in [7, 11) is -3.64. The lowest BCUT2D eigenvalue weighted by molar-refractivity contribution is -0.120. The number of rotatable bonds is 5. The molecule has 0 bridgehead atoms. The van der Waals surface area contributed by atoms with Gasteiger partial charge in [0.05, 0.1) is 17.4 Å². The molecule has 1 aliphatic rings. The van der Waals surface area contributed by atoms with E-state index in [9.17, 15) is 22.0 Å². The fourth-order valence-electron chi connectivity index (χ4n) is 3.16. The number of amides is 1. The van der Waals surface area contributed by atoms with E-state index in [1.165, 1.54) is 4.31 Å². The minimum Gasteiger partial charge on any atom is -0.323 e. The van der Waals surface area contributed by atoms with Crippen molar-refractivity contribution in [3.8, 4) is 0 Å². The van der Waals surface area contributed by atoms with Gasteiger partial charge in [0, 0.05) is 24.2 Å². The van der Waals surface area contributed by atoms with Crippen LogP contribution in [-0.4, -0.2) is 31.7 Å². The Morgan fingerprint density at radius 1 is 1.21 bits per heavy atom. The monoisotopic (exact) mass is 428 g/mol. The minimum atomic E-state index is -3.64. The van der Waals surface area contributed by atoms with E-state index in [2.05, 4.69) is 5.32 Å². The van der Waals surface area contributed by atoms with Crippen LogP contribution in [0.3, 0.4) is 0 Å². The summed E-state index contributed by atoms with van der Waals surface area (Å²) in [5, 5.41) is 2.87. The van der Waals surface area contributed by atoms with Crippen LogP contribution in [0.2, 0.25) is 5.02 Å². The maximum Gasteiger partial charge on any atom is 0.228 e. The number of carbonyl (C=O) groups excluding carboxylic acids is 1. The van der Waals surface area contributed by atoms with Gasteiger partial charge in [-0.15, -0.1) is 0 Å². The highest BCUT2D eigenvalue weighted by Crippen LogP contribution is 2.24. The van der Waals surface area contributed by atoms with Crippen molar-refractivity contribution in [1.29, 1.82) is 0 Å². The standard InChI is InChI=1S/C19H19ClF2N2O3S/c20-15-5-1-3-13(9-15)12-28(26,27)24-8-2-4-14(11-24)19(25)23-18-7-6-16(21)10-17(18)22/h1,3,5-7,9-10,14H,2,4,8,11-12H2,(H,23,25)/t14-/m0/s1. The molecule has 3 rings (SSSR count). The first-order valence-electron chi connectivity index (χ1n) is 8.73. The first-order chi connectivity index (χ1) is 13.2. The predicted octanol–water partition coefficient (Wildman–Crippen LogP) is 3.80. The van der Waals surface area contributed by atoms with E-state index in [0.717, 1.165) is 12.1 Å². The van der Waals surface area contributed by atoms with Crippen molar-refractivity contribution in [2.45, 2.75) is 18.6 Å². The molecule has 2 aromatic carbocycles. The zero-order valence-corrected chi connectivity index (χ0v) is 16.4. The molecule has 1 atom stereocenters. The van der Waals surface area contributed by atoms with Gasteiger partial charge in [-0.3, -0.25) is 4.79 Å². The van der Waals surface area contributed by atoms with Gasteiger partial charge in [-0.05, 0) is 42.7 Å². The molecular formula is C19H19ClF2N2O3S. The third-order valence-electron chi connectivity index (χ3n) is 4.58. The van der Waals surface area contributed by atoms with Gasteiger partial charge < -0.3 is 5.32 Å². The van der Waals surface area contributed by atoms with Crippen molar-refractivity contribution in [2.24, 2.45) is 5.92 Å². The summed E-state index contributed by atoms with van der Waals surface area (Å²) in [5.41, 5.74) is 0.428. The molecule has 9 heteroatoms. The van der Waals surface area contributed by atoms with Crippen LogP contribution >= 0.6 is 11.6 Å². The Hall–Kier alpha value is -2.03. The molecule has 1 amide bonds. The van der Waals surface area contributed by atoms with Crippen molar-refractivity contribution in [1.82, 2.24) is 4.31 Å². The number of piperidine rings is 1. The number of hydrogen-bond donors (Lipinski definition) is 1. The molecular weight excluding hydrogens is 410 g/mol. The first kappa shape index (κ1) is 20.7. The normalized spacial score (nSPS) is 18.0. The Morgan fingerprint density at radius 2 is 2.00 bits per heavy atom. The fraction of sp³-hybridized carbons (Fsp3) is 0.316. The van der Waals surface area contributed by atoms with E-state index in [1.807, 2.05) is 0 Å². The van der Waals surface area contributed by atoms with Crippen LogP contribution in [-0.2, 0) is 20.6 Å². The molecule has 0 radical (unpaired) electrons. The van der Waals surface area contributed by atoms with Crippen molar-refractivity contribution in [3.05, 3.63) is 64.7 Å². The Kier molecular flexibility index (Phi) is 6.32. The predicted molar refractivity (Wildman–Crippen MR) is 103 cm³/mol. The Labute approximate surface area is 167 Å². The van der Waals surface area contributed by atoms with Gasteiger partial charge in [-0.2, -0.15) is 0 Å². The van der Waals surface area contributed by atoms with E-state index in [0.29, 0.717) is 36.0 Å². The highest BCUT2D eigenvalue weighted by Gasteiger charge is 2.32. The van der Waals surface area contributed by atoms with Crippen molar-refractivity contribution in [2.75, 3.05) is 18.4 Å². The lowest BCUT2D eigenvalue weighted by Gasteiger charge is -2.31. The molecule has 28 heavy (non-hydrogen) atoms.